The molecule has 1 unspecified atom stereocenters. The summed E-state index contributed by atoms with van der Waals surface area (Å²) in [6.07, 6.45) is -1.12. The highest BCUT2D eigenvalue weighted by Gasteiger charge is 2.21. The molecule has 0 aliphatic carbocycles. The predicted octanol–water partition coefficient (Wildman–Crippen LogP) is 4.09. The second kappa shape index (κ2) is 5.83. The fraction of sp³-hybridized carbons (Fsp3) is 0.200. The third kappa shape index (κ3) is 2.86. The Hall–Kier alpha value is -1.30. The van der Waals surface area contributed by atoms with Crippen LogP contribution in [0.5, 0.6) is 11.5 Å². The standard InChI is InChI=1S/C15H11BrClFO3/c16-11-5-8(6-13-15(11)21-4-3-20-13)14(19)10-2-1-9(17)7-12(10)18/h1-2,5-7,14,19H,3-4H2. The first-order chi connectivity index (χ1) is 10.1. The van der Waals surface area contributed by atoms with E-state index in [1.54, 1.807) is 12.1 Å². The molecule has 1 heterocycles. The lowest BCUT2D eigenvalue weighted by Gasteiger charge is -2.22. The Morgan fingerprint density at radius 3 is 2.71 bits per heavy atom. The molecule has 1 N–H and O–H groups in total. The Bertz CT molecular complexity index is 693. The van der Waals surface area contributed by atoms with Crippen molar-refractivity contribution < 1.29 is 19.0 Å². The van der Waals surface area contributed by atoms with Gasteiger partial charge < -0.3 is 14.6 Å². The average molecular weight is 374 g/mol. The van der Waals surface area contributed by atoms with Crippen LogP contribution in [0.4, 0.5) is 4.39 Å². The van der Waals surface area contributed by atoms with Crippen LogP contribution in [0.15, 0.2) is 34.8 Å². The summed E-state index contributed by atoms with van der Waals surface area (Å²) in [6.45, 7) is 0.910. The fourth-order valence-corrected chi connectivity index (χ4v) is 2.92. The molecule has 6 heteroatoms. The first-order valence-corrected chi connectivity index (χ1v) is 7.45. The number of ether oxygens (including phenoxy) is 2. The van der Waals surface area contributed by atoms with E-state index in [1.165, 1.54) is 18.2 Å². The lowest BCUT2D eigenvalue weighted by atomic mass is 10.0. The molecule has 0 spiro atoms. The topological polar surface area (TPSA) is 38.7 Å². The van der Waals surface area contributed by atoms with Gasteiger partial charge in [-0.05, 0) is 45.8 Å². The summed E-state index contributed by atoms with van der Waals surface area (Å²) >= 11 is 9.09. The minimum absolute atomic E-state index is 0.156. The van der Waals surface area contributed by atoms with Crippen LogP contribution in [-0.4, -0.2) is 18.3 Å². The number of fused-ring (bicyclic) bond motifs is 1. The third-order valence-electron chi connectivity index (χ3n) is 3.19. The molecule has 0 radical (unpaired) electrons. The second-order valence-corrected chi connectivity index (χ2v) is 5.89. The van der Waals surface area contributed by atoms with Crippen molar-refractivity contribution in [3.63, 3.8) is 0 Å². The maximum Gasteiger partial charge on any atom is 0.175 e. The summed E-state index contributed by atoms with van der Waals surface area (Å²) in [5, 5.41) is 10.7. The molecule has 0 amide bonds. The first-order valence-electron chi connectivity index (χ1n) is 6.28. The van der Waals surface area contributed by atoms with E-state index in [0.29, 0.717) is 34.7 Å². The molecule has 110 valence electrons. The zero-order chi connectivity index (χ0) is 15.0. The Morgan fingerprint density at radius 2 is 1.95 bits per heavy atom. The molecule has 1 atom stereocenters. The minimum Gasteiger partial charge on any atom is -0.486 e. The molecule has 21 heavy (non-hydrogen) atoms. The van der Waals surface area contributed by atoms with E-state index in [-0.39, 0.29) is 10.6 Å². The maximum atomic E-state index is 13.9. The summed E-state index contributed by atoms with van der Waals surface area (Å²) in [7, 11) is 0. The highest BCUT2D eigenvalue weighted by Crippen LogP contribution is 2.41. The fourth-order valence-electron chi connectivity index (χ4n) is 2.19. The van der Waals surface area contributed by atoms with E-state index in [9.17, 15) is 9.50 Å². The van der Waals surface area contributed by atoms with Crippen LogP contribution in [-0.2, 0) is 0 Å². The van der Waals surface area contributed by atoms with Crippen molar-refractivity contribution >= 4 is 27.5 Å². The number of aliphatic hydroxyl groups excluding tert-OH is 1. The average Bonchev–Trinajstić information content (AvgIpc) is 2.46. The van der Waals surface area contributed by atoms with E-state index in [1.807, 2.05) is 0 Å². The zero-order valence-electron chi connectivity index (χ0n) is 10.8. The molecule has 0 aromatic heterocycles. The summed E-state index contributed by atoms with van der Waals surface area (Å²) < 4.78 is 25.6. The molecule has 0 saturated carbocycles. The van der Waals surface area contributed by atoms with Gasteiger partial charge >= 0.3 is 0 Å². The number of hydrogen-bond acceptors (Lipinski definition) is 3. The molecule has 3 nitrogen and oxygen atoms in total. The molecule has 0 bridgehead atoms. The molecule has 1 aliphatic rings. The number of hydrogen-bond donors (Lipinski definition) is 1. The van der Waals surface area contributed by atoms with Crippen molar-refractivity contribution in [1.82, 2.24) is 0 Å². The van der Waals surface area contributed by atoms with Crippen molar-refractivity contribution in [2.24, 2.45) is 0 Å². The van der Waals surface area contributed by atoms with Gasteiger partial charge in [0, 0.05) is 10.6 Å². The Morgan fingerprint density at radius 1 is 1.19 bits per heavy atom. The molecule has 2 aromatic rings. The normalized spacial score (nSPS) is 14.9. The molecule has 2 aromatic carbocycles. The highest BCUT2D eigenvalue weighted by atomic mass is 79.9. The smallest absolute Gasteiger partial charge is 0.175 e. The van der Waals surface area contributed by atoms with Gasteiger partial charge in [0.15, 0.2) is 11.5 Å². The number of halogens is 3. The van der Waals surface area contributed by atoms with E-state index in [2.05, 4.69) is 15.9 Å². The lowest BCUT2D eigenvalue weighted by Crippen LogP contribution is -2.16. The third-order valence-corrected chi connectivity index (χ3v) is 4.02. The molecule has 1 aliphatic heterocycles. The Balaban J connectivity index is 2.01. The van der Waals surface area contributed by atoms with Crippen molar-refractivity contribution in [2.45, 2.75) is 6.10 Å². The van der Waals surface area contributed by atoms with Crippen molar-refractivity contribution in [1.29, 1.82) is 0 Å². The van der Waals surface area contributed by atoms with Gasteiger partial charge in [-0.2, -0.15) is 0 Å². The van der Waals surface area contributed by atoms with Gasteiger partial charge in [0.05, 0.1) is 4.47 Å². The van der Waals surface area contributed by atoms with Crippen LogP contribution >= 0.6 is 27.5 Å². The quantitative estimate of drug-likeness (QED) is 0.861. The van der Waals surface area contributed by atoms with Gasteiger partial charge in [0.2, 0.25) is 0 Å². The molecular formula is C15H11BrClFO3. The van der Waals surface area contributed by atoms with Gasteiger partial charge in [-0.1, -0.05) is 17.7 Å². The maximum absolute atomic E-state index is 13.9. The van der Waals surface area contributed by atoms with Crippen LogP contribution in [0.2, 0.25) is 5.02 Å². The highest BCUT2D eigenvalue weighted by molar-refractivity contribution is 9.10. The first kappa shape index (κ1) is 14.6. The Kier molecular flexibility index (Phi) is 4.06. The lowest BCUT2D eigenvalue weighted by molar-refractivity contribution is 0.168. The van der Waals surface area contributed by atoms with E-state index in [0.717, 1.165) is 0 Å². The van der Waals surface area contributed by atoms with Crippen LogP contribution in [0.25, 0.3) is 0 Å². The minimum atomic E-state index is -1.12. The molecule has 0 saturated heterocycles. The number of rotatable bonds is 2. The summed E-state index contributed by atoms with van der Waals surface area (Å²) in [4.78, 5) is 0. The van der Waals surface area contributed by atoms with Gasteiger partial charge in [0.1, 0.15) is 25.1 Å². The van der Waals surface area contributed by atoms with Crippen molar-refractivity contribution in [3.05, 3.63) is 56.8 Å². The number of benzene rings is 2. The van der Waals surface area contributed by atoms with Crippen molar-refractivity contribution in [2.75, 3.05) is 13.2 Å². The van der Waals surface area contributed by atoms with Gasteiger partial charge in [-0.3, -0.25) is 0 Å². The van der Waals surface area contributed by atoms with Crippen molar-refractivity contribution in [3.8, 4) is 11.5 Å². The number of aliphatic hydroxyl groups is 1. The van der Waals surface area contributed by atoms with E-state index >= 15 is 0 Å². The second-order valence-electron chi connectivity index (χ2n) is 4.60. The van der Waals surface area contributed by atoms with Crippen LogP contribution < -0.4 is 9.47 Å². The Labute approximate surface area is 134 Å². The van der Waals surface area contributed by atoms with Crippen LogP contribution in [0, 0.1) is 5.82 Å². The van der Waals surface area contributed by atoms with E-state index < -0.39 is 11.9 Å². The van der Waals surface area contributed by atoms with Crippen LogP contribution in [0.1, 0.15) is 17.2 Å². The molecule has 0 fully saturated rings. The summed E-state index contributed by atoms with van der Waals surface area (Å²) in [5.74, 6) is 0.564. The van der Waals surface area contributed by atoms with Gasteiger partial charge in [0.25, 0.3) is 0 Å². The van der Waals surface area contributed by atoms with Crippen LogP contribution in [0.3, 0.4) is 0 Å². The largest absolute Gasteiger partial charge is 0.486 e. The SMILES string of the molecule is OC(c1cc(Br)c2c(c1)OCCO2)c1ccc(Cl)cc1F. The monoisotopic (exact) mass is 372 g/mol. The summed E-state index contributed by atoms with van der Waals surface area (Å²) in [6, 6.07) is 7.51. The zero-order valence-corrected chi connectivity index (χ0v) is 13.1. The van der Waals surface area contributed by atoms with E-state index in [4.69, 9.17) is 21.1 Å². The summed E-state index contributed by atoms with van der Waals surface area (Å²) in [5.41, 5.74) is 0.662. The molecule has 3 rings (SSSR count). The molecular weight excluding hydrogens is 363 g/mol. The van der Waals surface area contributed by atoms with Gasteiger partial charge in [-0.25, -0.2) is 4.39 Å². The predicted molar refractivity (Wildman–Crippen MR) is 80.6 cm³/mol. The van der Waals surface area contributed by atoms with Gasteiger partial charge in [-0.15, -0.1) is 0 Å².